The van der Waals surface area contributed by atoms with Crippen molar-refractivity contribution in [2.75, 3.05) is 32.8 Å². The molecule has 3 heteroatoms. The van der Waals surface area contributed by atoms with Crippen molar-refractivity contribution in [1.29, 1.82) is 0 Å². The van der Waals surface area contributed by atoms with Crippen molar-refractivity contribution in [3.63, 3.8) is 0 Å². The Morgan fingerprint density at radius 3 is 2.78 bits per heavy atom. The molecule has 1 rings (SSSR count). The van der Waals surface area contributed by atoms with Crippen molar-refractivity contribution in [1.82, 2.24) is 10.2 Å². The van der Waals surface area contributed by atoms with E-state index >= 15 is 0 Å². The average molecular weight is 256 g/mol. The van der Waals surface area contributed by atoms with Crippen LogP contribution in [0.25, 0.3) is 0 Å². The molecule has 0 spiro atoms. The van der Waals surface area contributed by atoms with Crippen molar-refractivity contribution >= 4 is 0 Å². The molecule has 0 bridgehead atoms. The predicted molar refractivity (Wildman–Crippen MR) is 78.1 cm³/mol. The van der Waals surface area contributed by atoms with E-state index in [0.29, 0.717) is 6.04 Å². The van der Waals surface area contributed by atoms with Gasteiger partial charge in [0.25, 0.3) is 0 Å². The number of morpholine rings is 1. The first kappa shape index (κ1) is 15.9. The normalized spacial score (nSPS) is 22.0. The summed E-state index contributed by atoms with van der Waals surface area (Å²) in [5.41, 5.74) is 0.227. The van der Waals surface area contributed by atoms with Gasteiger partial charge in [0.05, 0.1) is 13.2 Å². The fourth-order valence-electron chi connectivity index (χ4n) is 2.55. The molecule has 1 N–H and O–H groups in total. The molecule has 3 nitrogen and oxygen atoms in total. The zero-order chi connectivity index (χ0) is 13.4. The molecule has 0 radical (unpaired) electrons. The minimum Gasteiger partial charge on any atom is -0.378 e. The lowest BCUT2D eigenvalue weighted by Crippen LogP contribution is -2.53. The van der Waals surface area contributed by atoms with Crippen molar-refractivity contribution in [3.05, 3.63) is 0 Å². The van der Waals surface area contributed by atoms with Crippen molar-refractivity contribution < 1.29 is 4.74 Å². The first-order valence-corrected chi connectivity index (χ1v) is 7.62. The van der Waals surface area contributed by atoms with Gasteiger partial charge in [-0.25, -0.2) is 0 Å². The molecular weight excluding hydrogens is 224 g/mol. The number of nitrogens with zero attached hydrogens (tertiary/aromatic N) is 1. The maximum atomic E-state index is 5.55. The van der Waals surface area contributed by atoms with Gasteiger partial charge in [-0.3, -0.25) is 4.90 Å². The Bertz CT molecular complexity index is 219. The van der Waals surface area contributed by atoms with E-state index in [-0.39, 0.29) is 5.54 Å². The molecule has 1 aliphatic rings. The molecule has 0 aromatic heterocycles. The van der Waals surface area contributed by atoms with E-state index in [1.54, 1.807) is 0 Å². The highest BCUT2D eigenvalue weighted by atomic mass is 16.5. The van der Waals surface area contributed by atoms with Gasteiger partial charge in [-0.1, -0.05) is 13.3 Å². The minimum atomic E-state index is 0.227. The molecule has 1 heterocycles. The van der Waals surface area contributed by atoms with Gasteiger partial charge in [0.2, 0.25) is 0 Å². The summed E-state index contributed by atoms with van der Waals surface area (Å²) in [4.78, 5) is 2.58. The van der Waals surface area contributed by atoms with Crippen LogP contribution in [-0.2, 0) is 4.74 Å². The first-order chi connectivity index (χ1) is 8.56. The highest BCUT2D eigenvalue weighted by Gasteiger charge is 2.29. The van der Waals surface area contributed by atoms with E-state index in [9.17, 15) is 0 Å². The Labute approximate surface area is 113 Å². The summed E-state index contributed by atoms with van der Waals surface area (Å²) in [7, 11) is 0. The number of nitrogens with one attached hydrogen (secondary N) is 1. The third-order valence-electron chi connectivity index (χ3n) is 3.87. The van der Waals surface area contributed by atoms with Crippen molar-refractivity contribution in [2.24, 2.45) is 0 Å². The van der Waals surface area contributed by atoms with Crippen molar-refractivity contribution in [2.45, 2.75) is 65.0 Å². The second kappa shape index (κ2) is 8.13. The van der Waals surface area contributed by atoms with Crippen LogP contribution in [0.4, 0.5) is 0 Å². The molecule has 18 heavy (non-hydrogen) atoms. The van der Waals surface area contributed by atoms with Gasteiger partial charge < -0.3 is 10.1 Å². The lowest BCUT2D eigenvalue weighted by atomic mass is 10.0. The second-order valence-corrected chi connectivity index (χ2v) is 6.20. The highest BCUT2D eigenvalue weighted by Crippen LogP contribution is 2.19. The number of ether oxygens (including phenoxy) is 1. The zero-order valence-electron chi connectivity index (χ0n) is 12.8. The molecule has 0 aliphatic carbocycles. The predicted octanol–water partition coefficient (Wildman–Crippen LogP) is 2.66. The Morgan fingerprint density at radius 2 is 2.11 bits per heavy atom. The number of unbranched alkanes of at least 4 members (excludes halogenated alkanes) is 1. The fourth-order valence-corrected chi connectivity index (χ4v) is 2.55. The summed E-state index contributed by atoms with van der Waals surface area (Å²) in [5.74, 6) is 0. The maximum absolute atomic E-state index is 5.55. The van der Waals surface area contributed by atoms with Gasteiger partial charge in [-0.2, -0.15) is 0 Å². The summed E-state index contributed by atoms with van der Waals surface area (Å²) in [6, 6.07) is 0.669. The molecule has 1 atom stereocenters. The Balaban J connectivity index is 2.09. The molecule has 0 amide bonds. The van der Waals surface area contributed by atoms with Crippen LogP contribution in [0.1, 0.15) is 53.4 Å². The summed E-state index contributed by atoms with van der Waals surface area (Å²) >= 11 is 0. The van der Waals surface area contributed by atoms with Crippen molar-refractivity contribution in [3.8, 4) is 0 Å². The molecular formula is C15H32N2O. The van der Waals surface area contributed by atoms with Crippen LogP contribution in [0.5, 0.6) is 0 Å². The smallest absolute Gasteiger partial charge is 0.0645 e. The van der Waals surface area contributed by atoms with Gasteiger partial charge in [0.1, 0.15) is 0 Å². The van der Waals surface area contributed by atoms with Crippen LogP contribution in [-0.4, -0.2) is 49.3 Å². The minimum absolute atomic E-state index is 0.227. The van der Waals surface area contributed by atoms with E-state index in [1.165, 1.54) is 32.2 Å². The van der Waals surface area contributed by atoms with E-state index in [4.69, 9.17) is 4.74 Å². The van der Waals surface area contributed by atoms with Crippen LogP contribution in [0, 0.1) is 0 Å². The van der Waals surface area contributed by atoms with Crippen LogP contribution in [0.2, 0.25) is 0 Å². The SMILES string of the molecule is CCCNC(C)CCCCN1CCOCC1(C)C. The van der Waals surface area contributed by atoms with Gasteiger partial charge in [0, 0.05) is 18.1 Å². The van der Waals surface area contributed by atoms with Gasteiger partial charge in [-0.05, 0) is 53.1 Å². The van der Waals surface area contributed by atoms with Crippen LogP contribution < -0.4 is 5.32 Å². The second-order valence-electron chi connectivity index (χ2n) is 6.20. The lowest BCUT2D eigenvalue weighted by molar-refractivity contribution is -0.0513. The number of rotatable bonds is 8. The lowest BCUT2D eigenvalue weighted by Gasteiger charge is -2.42. The van der Waals surface area contributed by atoms with E-state index in [1.807, 2.05) is 0 Å². The molecule has 0 aromatic rings. The quantitative estimate of drug-likeness (QED) is 0.676. The van der Waals surface area contributed by atoms with E-state index in [2.05, 4.69) is 37.9 Å². The Morgan fingerprint density at radius 1 is 1.33 bits per heavy atom. The van der Waals surface area contributed by atoms with Crippen LogP contribution in [0.3, 0.4) is 0 Å². The number of hydrogen-bond donors (Lipinski definition) is 1. The molecule has 1 fully saturated rings. The van der Waals surface area contributed by atoms with Gasteiger partial charge in [-0.15, -0.1) is 0 Å². The van der Waals surface area contributed by atoms with E-state index in [0.717, 1.165) is 26.3 Å². The molecule has 1 saturated heterocycles. The van der Waals surface area contributed by atoms with Crippen LogP contribution in [0.15, 0.2) is 0 Å². The zero-order valence-corrected chi connectivity index (χ0v) is 12.8. The molecule has 108 valence electrons. The average Bonchev–Trinajstić information content (AvgIpc) is 2.33. The third-order valence-corrected chi connectivity index (χ3v) is 3.87. The highest BCUT2D eigenvalue weighted by molar-refractivity contribution is 4.84. The molecule has 1 aliphatic heterocycles. The number of hydrogen-bond acceptors (Lipinski definition) is 3. The summed E-state index contributed by atoms with van der Waals surface area (Å²) in [5, 5.41) is 3.55. The standard InChI is InChI=1S/C15H32N2O/c1-5-9-16-14(2)8-6-7-10-17-11-12-18-13-15(17,3)4/h14,16H,5-13H2,1-4H3. The third kappa shape index (κ3) is 5.68. The van der Waals surface area contributed by atoms with E-state index < -0.39 is 0 Å². The van der Waals surface area contributed by atoms with Crippen LogP contribution >= 0.6 is 0 Å². The summed E-state index contributed by atoms with van der Waals surface area (Å²) < 4.78 is 5.55. The van der Waals surface area contributed by atoms with Gasteiger partial charge >= 0.3 is 0 Å². The fraction of sp³-hybridized carbons (Fsp3) is 1.00. The molecule has 0 aromatic carbocycles. The Hall–Kier alpha value is -0.120. The van der Waals surface area contributed by atoms with Gasteiger partial charge in [0.15, 0.2) is 0 Å². The summed E-state index contributed by atoms with van der Waals surface area (Å²) in [6.45, 7) is 14.3. The molecule has 1 unspecified atom stereocenters. The Kier molecular flexibility index (Phi) is 7.20. The maximum Gasteiger partial charge on any atom is 0.0645 e. The first-order valence-electron chi connectivity index (χ1n) is 7.62. The largest absolute Gasteiger partial charge is 0.378 e. The summed E-state index contributed by atoms with van der Waals surface area (Å²) in [6.07, 6.45) is 5.16. The molecule has 0 saturated carbocycles. The topological polar surface area (TPSA) is 24.5 Å². The monoisotopic (exact) mass is 256 g/mol.